The van der Waals surface area contributed by atoms with Gasteiger partial charge in [-0.1, -0.05) is 25.0 Å². The minimum absolute atomic E-state index is 0.0198. The van der Waals surface area contributed by atoms with E-state index in [1.807, 2.05) is 36.0 Å². The van der Waals surface area contributed by atoms with Crippen LogP contribution in [-0.4, -0.2) is 44.5 Å². The molecule has 4 aromatic rings. The van der Waals surface area contributed by atoms with Gasteiger partial charge in [-0.25, -0.2) is 4.39 Å². The number of hydrogen-bond donors (Lipinski definition) is 1. The van der Waals surface area contributed by atoms with E-state index in [2.05, 4.69) is 15.4 Å². The van der Waals surface area contributed by atoms with Crippen LogP contribution in [0.5, 0.6) is 0 Å². The van der Waals surface area contributed by atoms with E-state index in [0.29, 0.717) is 23.2 Å². The molecule has 3 aromatic heterocycles. The summed E-state index contributed by atoms with van der Waals surface area (Å²) in [4.78, 5) is 17.7. The van der Waals surface area contributed by atoms with E-state index in [1.165, 1.54) is 6.07 Å². The highest BCUT2D eigenvalue weighted by atomic mass is 19.1. The van der Waals surface area contributed by atoms with E-state index in [9.17, 15) is 4.79 Å². The first-order valence-corrected chi connectivity index (χ1v) is 11.6. The van der Waals surface area contributed by atoms with Crippen LogP contribution in [0.4, 0.5) is 4.39 Å². The summed E-state index contributed by atoms with van der Waals surface area (Å²) in [6.07, 6.45) is 11.0. The zero-order valence-electron chi connectivity index (χ0n) is 19.4. The molecule has 1 fully saturated rings. The summed E-state index contributed by atoms with van der Waals surface area (Å²) in [6, 6.07) is 8.90. The minimum atomic E-state index is -0.303. The zero-order chi connectivity index (χ0) is 23.7. The van der Waals surface area contributed by atoms with Gasteiger partial charge in [0.15, 0.2) is 0 Å². The van der Waals surface area contributed by atoms with Crippen molar-refractivity contribution in [3.8, 4) is 11.1 Å². The second kappa shape index (κ2) is 9.38. The molecule has 176 valence electrons. The molecule has 1 aliphatic rings. The Morgan fingerprint density at radius 2 is 2.06 bits per heavy atom. The van der Waals surface area contributed by atoms with Crippen molar-refractivity contribution in [2.24, 2.45) is 7.05 Å². The lowest BCUT2D eigenvalue weighted by molar-refractivity contribution is 0.0393. The number of benzene rings is 1. The number of ether oxygens (including phenoxy) is 1. The molecule has 1 amide bonds. The van der Waals surface area contributed by atoms with Crippen LogP contribution in [0.3, 0.4) is 0 Å². The first-order chi connectivity index (χ1) is 16.5. The fourth-order valence-corrected chi connectivity index (χ4v) is 4.82. The highest BCUT2D eigenvalue weighted by Crippen LogP contribution is 2.26. The number of carbonyl (C=O) groups is 1. The predicted octanol–water partition coefficient (Wildman–Crippen LogP) is 4.31. The van der Waals surface area contributed by atoms with E-state index < -0.39 is 0 Å². The number of nitrogens with one attached hydrogen (secondary N) is 1. The van der Waals surface area contributed by atoms with Crippen LogP contribution in [-0.2, 0) is 18.3 Å². The van der Waals surface area contributed by atoms with Crippen molar-refractivity contribution in [2.45, 2.75) is 44.4 Å². The molecule has 8 heteroatoms. The molecule has 0 aliphatic heterocycles. The third-order valence-electron chi connectivity index (χ3n) is 6.63. The van der Waals surface area contributed by atoms with Crippen LogP contribution < -0.4 is 5.32 Å². The third-order valence-corrected chi connectivity index (χ3v) is 6.63. The predicted molar refractivity (Wildman–Crippen MR) is 128 cm³/mol. The molecule has 1 N–H and O–H groups in total. The number of pyridine rings is 1. The molecular weight excluding hydrogens is 433 g/mol. The average Bonchev–Trinajstić information content (AvgIpc) is 3.45. The molecule has 5 rings (SSSR count). The number of methoxy groups -OCH3 is 1. The SMILES string of the molecule is CO[C@H]1CCCC[C@@H]1NC(=O)c1cn(Cc2ccc(-c3cnn(C)c3)cc2F)c2cccnc12. The van der Waals surface area contributed by atoms with E-state index in [0.717, 1.165) is 42.3 Å². The maximum Gasteiger partial charge on any atom is 0.255 e. The Kier molecular flexibility index (Phi) is 6.15. The molecule has 0 saturated heterocycles. The summed E-state index contributed by atoms with van der Waals surface area (Å²) < 4.78 is 24.2. The van der Waals surface area contributed by atoms with Gasteiger partial charge in [0.05, 0.1) is 36.0 Å². The number of nitrogens with zero attached hydrogens (tertiary/aromatic N) is 4. The Balaban J connectivity index is 1.42. The van der Waals surface area contributed by atoms with E-state index in [-0.39, 0.29) is 23.9 Å². The fraction of sp³-hybridized carbons (Fsp3) is 0.346. The molecule has 1 saturated carbocycles. The first-order valence-electron chi connectivity index (χ1n) is 11.6. The Morgan fingerprint density at radius 3 is 2.82 bits per heavy atom. The highest BCUT2D eigenvalue weighted by molar-refractivity contribution is 6.05. The van der Waals surface area contributed by atoms with Gasteiger partial charge in [0.25, 0.3) is 5.91 Å². The monoisotopic (exact) mass is 461 g/mol. The Hall–Kier alpha value is -3.52. The molecule has 0 bridgehead atoms. The minimum Gasteiger partial charge on any atom is -0.379 e. The van der Waals surface area contributed by atoms with Crippen molar-refractivity contribution in [2.75, 3.05) is 7.11 Å². The summed E-state index contributed by atoms with van der Waals surface area (Å²) in [5, 5.41) is 7.30. The molecule has 1 aliphatic carbocycles. The normalized spacial score (nSPS) is 18.3. The van der Waals surface area contributed by atoms with Crippen molar-refractivity contribution in [3.63, 3.8) is 0 Å². The number of rotatable bonds is 6. The summed E-state index contributed by atoms with van der Waals surface area (Å²) >= 11 is 0. The van der Waals surface area contributed by atoms with E-state index >= 15 is 4.39 Å². The molecule has 0 unspecified atom stereocenters. The maximum absolute atomic E-state index is 15.0. The summed E-state index contributed by atoms with van der Waals surface area (Å²) in [5.41, 5.74) is 4.05. The van der Waals surface area contributed by atoms with Gasteiger partial charge in [0, 0.05) is 43.9 Å². The number of aryl methyl sites for hydroxylation is 1. The second-order valence-corrected chi connectivity index (χ2v) is 8.89. The zero-order valence-corrected chi connectivity index (χ0v) is 19.4. The average molecular weight is 462 g/mol. The molecule has 2 atom stereocenters. The standard InChI is InChI=1S/C26H28FN5O2/c1-31-14-19(13-29-31)17-9-10-18(21(27)12-17)15-32-16-20(25-23(32)7-5-11-28-25)26(33)30-22-6-3-4-8-24(22)34-2/h5,7,9-14,16,22,24H,3-4,6,8,15H2,1-2H3,(H,30,33)/t22-,24-/m0/s1. The van der Waals surface area contributed by atoms with Gasteiger partial charge in [-0.2, -0.15) is 5.10 Å². The molecule has 0 spiro atoms. The van der Waals surface area contributed by atoms with Crippen LogP contribution >= 0.6 is 0 Å². The van der Waals surface area contributed by atoms with Crippen LogP contribution in [0, 0.1) is 5.82 Å². The van der Waals surface area contributed by atoms with Crippen LogP contribution in [0.2, 0.25) is 0 Å². The van der Waals surface area contributed by atoms with Gasteiger partial charge in [-0.05, 0) is 36.6 Å². The lowest BCUT2D eigenvalue weighted by Crippen LogP contribution is -2.45. The molecule has 34 heavy (non-hydrogen) atoms. The van der Waals surface area contributed by atoms with Crippen LogP contribution in [0.15, 0.2) is 55.1 Å². The number of fused-ring (bicyclic) bond motifs is 1. The smallest absolute Gasteiger partial charge is 0.255 e. The van der Waals surface area contributed by atoms with Crippen molar-refractivity contribution in [3.05, 3.63) is 72.1 Å². The number of halogens is 1. The number of hydrogen-bond acceptors (Lipinski definition) is 4. The number of aromatic nitrogens is 4. The van der Waals surface area contributed by atoms with Gasteiger partial charge < -0.3 is 14.6 Å². The lowest BCUT2D eigenvalue weighted by Gasteiger charge is -2.30. The largest absolute Gasteiger partial charge is 0.379 e. The van der Waals surface area contributed by atoms with Crippen molar-refractivity contribution < 1.29 is 13.9 Å². The van der Waals surface area contributed by atoms with Crippen LogP contribution in [0.25, 0.3) is 22.2 Å². The lowest BCUT2D eigenvalue weighted by atomic mass is 9.92. The quantitative estimate of drug-likeness (QED) is 0.464. The maximum atomic E-state index is 15.0. The Bertz CT molecular complexity index is 1330. The molecule has 7 nitrogen and oxygen atoms in total. The van der Waals surface area contributed by atoms with Crippen molar-refractivity contribution in [1.82, 2.24) is 24.6 Å². The van der Waals surface area contributed by atoms with Crippen LogP contribution in [0.1, 0.15) is 41.6 Å². The molecule has 0 radical (unpaired) electrons. The topological polar surface area (TPSA) is 74.0 Å². The van der Waals surface area contributed by atoms with E-state index in [4.69, 9.17) is 4.74 Å². The van der Waals surface area contributed by atoms with Crippen molar-refractivity contribution in [1.29, 1.82) is 0 Å². The highest BCUT2D eigenvalue weighted by Gasteiger charge is 2.28. The van der Waals surface area contributed by atoms with Gasteiger partial charge in [0.2, 0.25) is 0 Å². The number of amides is 1. The summed E-state index contributed by atoms with van der Waals surface area (Å²) in [6.45, 7) is 0.290. The number of carbonyl (C=O) groups excluding carboxylic acids is 1. The van der Waals surface area contributed by atoms with E-state index in [1.54, 1.807) is 36.4 Å². The molecule has 1 aromatic carbocycles. The van der Waals surface area contributed by atoms with Gasteiger partial charge in [-0.15, -0.1) is 0 Å². The van der Waals surface area contributed by atoms with Gasteiger partial charge in [-0.3, -0.25) is 14.5 Å². The van der Waals surface area contributed by atoms with Gasteiger partial charge in [0.1, 0.15) is 11.3 Å². The third kappa shape index (κ3) is 4.33. The van der Waals surface area contributed by atoms with Crippen molar-refractivity contribution >= 4 is 16.9 Å². The summed E-state index contributed by atoms with van der Waals surface area (Å²) in [5.74, 6) is -0.480. The second-order valence-electron chi connectivity index (χ2n) is 8.89. The molecule has 3 heterocycles. The first kappa shape index (κ1) is 22.3. The Morgan fingerprint density at radius 1 is 1.21 bits per heavy atom. The van der Waals surface area contributed by atoms with Gasteiger partial charge >= 0.3 is 0 Å². The fourth-order valence-electron chi connectivity index (χ4n) is 4.82. The summed E-state index contributed by atoms with van der Waals surface area (Å²) in [7, 11) is 3.52. The molecular formula is C26H28FN5O2. The Labute approximate surface area is 197 Å².